The third-order valence-electron chi connectivity index (χ3n) is 13.3. The van der Waals surface area contributed by atoms with Crippen molar-refractivity contribution in [2.75, 3.05) is 0 Å². The van der Waals surface area contributed by atoms with Crippen LogP contribution in [0.1, 0.15) is 119 Å². The van der Waals surface area contributed by atoms with Crippen LogP contribution in [-0.2, 0) is 14.3 Å². The van der Waals surface area contributed by atoms with E-state index >= 15 is 0 Å². The molecule has 0 heterocycles. The molecular weight excluding hydrogens is 482 g/mol. The second-order valence-corrected chi connectivity index (χ2v) is 15.1. The molecule has 0 aromatic heterocycles. The van der Waals surface area contributed by atoms with Gasteiger partial charge < -0.3 is 10.5 Å². The van der Waals surface area contributed by atoms with Gasteiger partial charge in [0.15, 0.2) is 5.76 Å². The van der Waals surface area contributed by atoms with Crippen LogP contribution in [0.5, 0.6) is 0 Å². The molecule has 0 aromatic carbocycles. The molecule has 6 atom stereocenters. The minimum absolute atomic E-state index is 0.0129. The summed E-state index contributed by atoms with van der Waals surface area (Å²) in [6.07, 6.45) is 19.8. The molecule has 6 aliphatic rings. The Morgan fingerprint density at radius 1 is 1.00 bits per heavy atom. The number of ether oxygens (including phenoxy) is 1. The van der Waals surface area contributed by atoms with Crippen molar-refractivity contribution in [2.45, 2.75) is 125 Å². The minimum Gasteiger partial charge on any atom is -0.486 e. The van der Waals surface area contributed by atoms with Gasteiger partial charge in [0.25, 0.3) is 0 Å². The van der Waals surface area contributed by atoms with Crippen LogP contribution in [0.25, 0.3) is 0 Å². The summed E-state index contributed by atoms with van der Waals surface area (Å²) < 4.78 is 6.33. The minimum atomic E-state index is -0.421. The van der Waals surface area contributed by atoms with Crippen LogP contribution in [0.2, 0.25) is 0 Å². The van der Waals surface area contributed by atoms with Crippen molar-refractivity contribution >= 4 is 11.7 Å². The van der Waals surface area contributed by atoms with Gasteiger partial charge in [0.2, 0.25) is 11.7 Å². The number of fused-ring (bicyclic) bond motifs is 7. The number of hydrogen-bond acceptors (Lipinski definition) is 3. The Labute approximate surface area is 235 Å². The van der Waals surface area contributed by atoms with E-state index in [0.29, 0.717) is 11.7 Å². The first-order valence-corrected chi connectivity index (χ1v) is 15.7. The zero-order valence-electron chi connectivity index (χ0n) is 25.2. The van der Waals surface area contributed by atoms with E-state index in [1.54, 1.807) is 0 Å². The molecule has 4 saturated carbocycles. The predicted octanol–water partition coefficient (Wildman–Crippen LogP) is 7.89. The molecule has 212 valence electrons. The lowest BCUT2D eigenvalue weighted by atomic mass is 9.33. The Kier molecular flexibility index (Phi) is 6.04. The maximum Gasteiger partial charge on any atom is 0.223 e. The van der Waals surface area contributed by atoms with Gasteiger partial charge in [-0.15, -0.1) is 0 Å². The van der Waals surface area contributed by atoms with Crippen LogP contribution in [0.4, 0.5) is 0 Å². The highest BCUT2D eigenvalue weighted by Gasteiger charge is 2.68. The average molecular weight is 532 g/mol. The largest absolute Gasteiger partial charge is 0.486 e. The second-order valence-electron chi connectivity index (χ2n) is 15.1. The summed E-state index contributed by atoms with van der Waals surface area (Å²) in [5, 5.41) is 0. The van der Waals surface area contributed by atoms with E-state index in [4.69, 9.17) is 10.5 Å². The van der Waals surface area contributed by atoms with Gasteiger partial charge in [0.1, 0.15) is 0 Å². The highest BCUT2D eigenvalue weighted by Crippen LogP contribution is 2.76. The highest BCUT2D eigenvalue weighted by molar-refractivity contribution is 6.07. The third-order valence-corrected chi connectivity index (χ3v) is 13.3. The number of carbonyl (C=O) groups is 2. The van der Waals surface area contributed by atoms with Gasteiger partial charge in [-0.3, -0.25) is 9.59 Å². The van der Waals surface area contributed by atoms with Gasteiger partial charge in [-0.1, -0.05) is 52.3 Å². The molecule has 2 N–H and O–H groups in total. The SMILES string of the molecule is CC[C@@]12CC[C@@]3(C)C4=CC(=O)C(OC5CCCC5)=C(C)C4=CC=C3[C@@]1(C)CC[C@@]1(C)CC[C@@](C)(C(N)=O)C[C@H]12. The van der Waals surface area contributed by atoms with E-state index in [-0.39, 0.29) is 39.5 Å². The first-order valence-electron chi connectivity index (χ1n) is 15.7. The van der Waals surface area contributed by atoms with E-state index in [1.807, 2.05) is 6.08 Å². The predicted molar refractivity (Wildman–Crippen MR) is 155 cm³/mol. The summed E-state index contributed by atoms with van der Waals surface area (Å²) in [6, 6.07) is 0. The Hall–Kier alpha value is -2.10. The lowest BCUT2D eigenvalue weighted by Crippen LogP contribution is -2.63. The van der Waals surface area contributed by atoms with Crippen molar-refractivity contribution in [3.63, 3.8) is 0 Å². The Morgan fingerprint density at radius 2 is 1.69 bits per heavy atom. The molecule has 0 aromatic rings. The van der Waals surface area contributed by atoms with Gasteiger partial charge >= 0.3 is 0 Å². The highest BCUT2D eigenvalue weighted by atomic mass is 16.5. The van der Waals surface area contributed by atoms with Gasteiger partial charge in [0.05, 0.1) is 6.10 Å². The number of hydrogen-bond donors (Lipinski definition) is 1. The third kappa shape index (κ3) is 3.54. The molecule has 4 heteroatoms. The average Bonchev–Trinajstić information content (AvgIpc) is 3.41. The summed E-state index contributed by atoms with van der Waals surface area (Å²) >= 11 is 0. The molecule has 0 saturated heterocycles. The first-order chi connectivity index (χ1) is 18.3. The summed E-state index contributed by atoms with van der Waals surface area (Å²) in [5.74, 6) is 0.957. The zero-order chi connectivity index (χ0) is 28.0. The Morgan fingerprint density at radius 3 is 2.36 bits per heavy atom. The van der Waals surface area contributed by atoms with Crippen LogP contribution in [0, 0.1) is 33.0 Å². The summed E-state index contributed by atoms with van der Waals surface area (Å²) in [7, 11) is 0. The number of carbonyl (C=O) groups excluding carboxylic acids is 2. The number of ketones is 1. The van der Waals surface area contributed by atoms with Crippen molar-refractivity contribution in [1.82, 2.24) is 0 Å². The maximum absolute atomic E-state index is 13.6. The van der Waals surface area contributed by atoms with Crippen molar-refractivity contribution in [2.24, 2.45) is 38.7 Å². The summed E-state index contributed by atoms with van der Waals surface area (Å²) in [4.78, 5) is 26.2. The fraction of sp³-hybridized carbons (Fsp3) is 0.714. The normalized spacial score (nSPS) is 43.9. The molecule has 6 rings (SSSR count). The van der Waals surface area contributed by atoms with Gasteiger partial charge in [-0.05, 0) is 123 Å². The molecule has 0 unspecified atom stereocenters. The lowest BCUT2D eigenvalue weighted by molar-refractivity contribution is -0.176. The van der Waals surface area contributed by atoms with Crippen LogP contribution in [0.3, 0.4) is 0 Å². The fourth-order valence-electron chi connectivity index (χ4n) is 10.6. The first kappa shape index (κ1) is 27.1. The topological polar surface area (TPSA) is 69.4 Å². The lowest BCUT2D eigenvalue weighted by Gasteiger charge is -2.71. The quantitative estimate of drug-likeness (QED) is 0.401. The number of amides is 1. The number of allylic oxidation sites excluding steroid dienone is 7. The van der Waals surface area contributed by atoms with Gasteiger partial charge in [-0.25, -0.2) is 0 Å². The number of primary amides is 1. The molecule has 0 radical (unpaired) electrons. The summed E-state index contributed by atoms with van der Waals surface area (Å²) in [5.41, 5.74) is 10.7. The van der Waals surface area contributed by atoms with Crippen molar-refractivity contribution in [3.05, 3.63) is 46.3 Å². The van der Waals surface area contributed by atoms with Gasteiger partial charge in [0, 0.05) is 16.4 Å². The van der Waals surface area contributed by atoms with Gasteiger partial charge in [-0.2, -0.15) is 0 Å². The van der Waals surface area contributed by atoms with Crippen LogP contribution in [0.15, 0.2) is 46.3 Å². The van der Waals surface area contributed by atoms with Crippen LogP contribution < -0.4 is 5.73 Å². The molecule has 0 aliphatic heterocycles. The van der Waals surface area contributed by atoms with E-state index in [9.17, 15) is 9.59 Å². The molecular formula is C35H49NO3. The van der Waals surface area contributed by atoms with Crippen molar-refractivity contribution in [3.8, 4) is 0 Å². The zero-order valence-corrected chi connectivity index (χ0v) is 25.2. The van der Waals surface area contributed by atoms with E-state index in [0.717, 1.165) is 63.4 Å². The molecule has 39 heavy (non-hydrogen) atoms. The summed E-state index contributed by atoms with van der Waals surface area (Å²) in [6.45, 7) is 14.0. The molecule has 0 spiro atoms. The maximum atomic E-state index is 13.6. The van der Waals surface area contributed by atoms with Crippen LogP contribution in [-0.4, -0.2) is 17.8 Å². The van der Waals surface area contributed by atoms with E-state index in [1.165, 1.54) is 36.0 Å². The fourth-order valence-corrected chi connectivity index (χ4v) is 10.6. The van der Waals surface area contributed by atoms with E-state index < -0.39 is 5.41 Å². The standard InChI is InChI=1S/C35H49NO3/c1-7-35-19-17-33(5)25-20-26(37)29(39-23-10-8-9-11-23)22(2)24(25)12-13-27(33)34(35,6)18-16-31(3)14-15-32(4,30(36)38)21-28(31)35/h12-13,20,23,28H,7-11,14-19,21H2,1-6H3,(H2,36,38)/t28-,31-,32-,33+,34-,35+/m1/s1. The molecule has 0 bridgehead atoms. The Bertz CT molecular complexity index is 1250. The second kappa shape index (κ2) is 8.70. The molecule has 4 nitrogen and oxygen atoms in total. The molecule has 6 aliphatic carbocycles. The monoisotopic (exact) mass is 531 g/mol. The molecule has 4 fully saturated rings. The van der Waals surface area contributed by atoms with E-state index in [2.05, 4.69) is 53.7 Å². The van der Waals surface area contributed by atoms with Crippen molar-refractivity contribution < 1.29 is 14.3 Å². The van der Waals surface area contributed by atoms with Crippen molar-refractivity contribution in [1.29, 1.82) is 0 Å². The number of rotatable bonds is 4. The van der Waals surface area contributed by atoms with Crippen LogP contribution >= 0.6 is 0 Å². The smallest absolute Gasteiger partial charge is 0.223 e. The number of nitrogens with two attached hydrogens (primary N) is 1. The Balaban J connectivity index is 1.44. The molecule has 1 amide bonds.